The van der Waals surface area contributed by atoms with Crippen LogP contribution in [0, 0.1) is 11.8 Å². The van der Waals surface area contributed by atoms with Crippen LogP contribution in [0.2, 0.25) is 0 Å². The first-order chi connectivity index (χ1) is 15.8. The van der Waals surface area contributed by atoms with Crippen LogP contribution in [0.1, 0.15) is 87.7 Å². The van der Waals surface area contributed by atoms with Crippen molar-refractivity contribution in [1.82, 2.24) is 5.06 Å². The molecule has 0 unspecified atom stereocenters. The lowest BCUT2D eigenvalue weighted by atomic mass is 9.69. The lowest BCUT2D eigenvalue weighted by molar-refractivity contribution is -0.310. The van der Waals surface area contributed by atoms with Gasteiger partial charge in [-0.05, 0) is 75.6 Å². The molecule has 2 aliphatic carbocycles. The number of benzene rings is 2. The highest BCUT2D eigenvalue weighted by atomic mass is 16.7. The minimum absolute atomic E-state index is 0.134. The quantitative estimate of drug-likeness (QED) is 0.495. The van der Waals surface area contributed by atoms with E-state index in [9.17, 15) is 4.79 Å². The Morgan fingerprint density at radius 2 is 1.30 bits per heavy atom. The van der Waals surface area contributed by atoms with Gasteiger partial charge in [-0.15, -0.1) is 0 Å². The van der Waals surface area contributed by atoms with Crippen LogP contribution in [0.3, 0.4) is 0 Å². The van der Waals surface area contributed by atoms with Gasteiger partial charge in [0.25, 0.3) is 0 Å². The number of ether oxygens (including phenoxy) is 1. The van der Waals surface area contributed by atoms with Gasteiger partial charge in [0.1, 0.15) is 12.2 Å². The minimum atomic E-state index is -0.266. The highest BCUT2D eigenvalue weighted by molar-refractivity contribution is 5.89. The largest absolute Gasteiger partial charge is 0.456 e. The molecule has 0 radical (unpaired) electrons. The molecular formula is C29H37NO3. The van der Waals surface area contributed by atoms with Crippen molar-refractivity contribution >= 4 is 5.97 Å². The van der Waals surface area contributed by atoms with Crippen molar-refractivity contribution in [3.05, 3.63) is 71.3 Å². The number of hydrogen-bond donors (Lipinski definition) is 0. The highest BCUT2D eigenvalue weighted by Gasteiger charge is 2.52. The third-order valence-electron chi connectivity index (χ3n) is 8.32. The number of esters is 1. The van der Waals surface area contributed by atoms with Crippen molar-refractivity contribution in [3.63, 3.8) is 0 Å². The molecule has 2 aromatic carbocycles. The number of carbonyl (C=O) groups is 1. The lowest BCUT2D eigenvalue weighted by Gasteiger charge is -2.47. The van der Waals surface area contributed by atoms with E-state index in [0.29, 0.717) is 17.4 Å². The van der Waals surface area contributed by atoms with Crippen LogP contribution in [0.4, 0.5) is 0 Å². The third kappa shape index (κ3) is 4.02. The van der Waals surface area contributed by atoms with Gasteiger partial charge >= 0.3 is 5.97 Å². The van der Waals surface area contributed by atoms with Crippen LogP contribution >= 0.6 is 0 Å². The number of fused-ring (bicyclic) bond motifs is 2. The van der Waals surface area contributed by atoms with Crippen LogP contribution in [-0.2, 0) is 20.7 Å². The van der Waals surface area contributed by atoms with Crippen LogP contribution in [0.25, 0.3) is 0 Å². The highest BCUT2D eigenvalue weighted by Crippen LogP contribution is 2.51. The zero-order chi connectivity index (χ0) is 23.2. The zero-order valence-electron chi connectivity index (χ0n) is 20.4. The number of hydrogen-bond acceptors (Lipinski definition) is 4. The topological polar surface area (TPSA) is 38.8 Å². The van der Waals surface area contributed by atoms with Gasteiger partial charge in [0.15, 0.2) is 0 Å². The molecule has 0 spiro atoms. The summed E-state index contributed by atoms with van der Waals surface area (Å²) < 4.78 is 6.17. The monoisotopic (exact) mass is 447 g/mol. The summed E-state index contributed by atoms with van der Waals surface area (Å²) >= 11 is 0. The summed E-state index contributed by atoms with van der Waals surface area (Å²) in [7, 11) is 0. The molecule has 176 valence electrons. The lowest BCUT2D eigenvalue weighted by Crippen LogP contribution is -2.52. The van der Waals surface area contributed by atoms with Crippen molar-refractivity contribution in [3.8, 4) is 0 Å². The molecule has 4 nitrogen and oxygen atoms in total. The van der Waals surface area contributed by atoms with Gasteiger partial charge < -0.3 is 4.74 Å². The summed E-state index contributed by atoms with van der Waals surface area (Å²) in [5.41, 5.74) is 2.68. The van der Waals surface area contributed by atoms with Crippen molar-refractivity contribution < 1.29 is 14.4 Å². The standard InChI is InChI=1S/C29H37NO3/c1-28(2)23-16-10-11-17-24(23)29(3,4)30(28)33-26-19-22-15-9-8-14-21(22)18-25(26)32-27(31)20-12-6-5-7-13-20/h5-7,10-13,16-17,21-22,25-26H,8-9,14-15,18-19H2,1-4H3/t21-,22-,25+,26-/m1/s1. The average molecular weight is 448 g/mol. The molecule has 0 N–H and O–H groups in total. The van der Waals surface area contributed by atoms with E-state index >= 15 is 0 Å². The maximum Gasteiger partial charge on any atom is 0.338 e. The van der Waals surface area contributed by atoms with Gasteiger partial charge in [-0.25, -0.2) is 4.79 Å². The molecule has 33 heavy (non-hydrogen) atoms. The van der Waals surface area contributed by atoms with E-state index in [4.69, 9.17) is 9.57 Å². The Balaban J connectivity index is 1.42. The van der Waals surface area contributed by atoms with Crippen LogP contribution in [0.5, 0.6) is 0 Å². The maximum atomic E-state index is 13.0. The first kappa shape index (κ1) is 22.6. The number of carbonyl (C=O) groups excluding carboxylic acids is 1. The van der Waals surface area contributed by atoms with Crippen LogP contribution in [-0.4, -0.2) is 23.2 Å². The molecule has 5 rings (SSSR count). The first-order valence-corrected chi connectivity index (χ1v) is 12.6. The van der Waals surface area contributed by atoms with Gasteiger partial charge in [-0.2, -0.15) is 5.06 Å². The van der Waals surface area contributed by atoms with Gasteiger partial charge in [0.2, 0.25) is 0 Å². The summed E-state index contributed by atoms with van der Waals surface area (Å²) in [6.07, 6.45) is 6.57. The Bertz CT molecular complexity index is 964. The van der Waals surface area contributed by atoms with E-state index in [1.165, 1.54) is 36.8 Å². The Kier molecular flexibility index (Phi) is 5.86. The van der Waals surface area contributed by atoms with Crippen molar-refractivity contribution in [2.75, 3.05) is 0 Å². The number of nitrogens with zero attached hydrogens (tertiary/aromatic N) is 1. The molecule has 4 heteroatoms. The van der Waals surface area contributed by atoms with E-state index in [1.807, 2.05) is 30.3 Å². The van der Waals surface area contributed by atoms with Crippen LogP contribution < -0.4 is 0 Å². The molecule has 2 saturated carbocycles. The minimum Gasteiger partial charge on any atom is -0.456 e. The predicted octanol–water partition coefficient (Wildman–Crippen LogP) is 6.60. The Labute approximate surface area is 198 Å². The number of hydroxylamine groups is 2. The molecule has 1 heterocycles. The first-order valence-electron chi connectivity index (χ1n) is 12.6. The van der Waals surface area contributed by atoms with Crippen molar-refractivity contribution in [2.24, 2.45) is 11.8 Å². The molecule has 0 bridgehead atoms. The summed E-state index contributed by atoms with van der Waals surface area (Å²) in [5, 5.41) is 2.18. The van der Waals surface area contributed by atoms with E-state index in [0.717, 1.165) is 12.8 Å². The summed E-state index contributed by atoms with van der Waals surface area (Å²) in [5.74, 6) is 1.04. The van der Waals surface area contributed by atoms with E-state index in [-0.39, 0.29) is 29.3 Å². The van der Waals surface area contributed by atoms with Crippen molar-refractivity contribution in [1.29, 1.82) is 0 Å². The zero-order valence-corrected chi connectivity index (χ0v) is 20.4. The maximum absolute atomic E-state index is 13.0. The molecule has 3 aliphatic rings. The number of rotatable bonds is 4. The Morgan fingerprint density at radius 3 is 1.88 bits per heavy atom. The second-order valence-electron chi connectivity index (χ2n) is 11.2. The summed E-state index contributed by atoms with van der Waals surface area (Å²) in [6.45, 7) is 8.94. The second-order valence-corrected chi connectivity index (χ2v) is 11.2. The molecule has 0 aromatic heterocycles. The van der Waals surface area contributed by atoms with E-state index < -0.39 is 0 Å². The fraction of sp³-hybridized carbons (Fsp3) is 0.552. The molecule has 2 aromatic rings. The molecule has 0 amide bonds. The summed E-state index contributed by atoms with van der Waals surface area (Å²) in [4.78, 5) is 19.9. The molecule has 4 atom stereocenters. The average Bonchev–Trinajstić information content (AvgIpc) is 2.97. The van der Waals surface area contributed by atoms with E-state index in [1.54, 1.807) is 0 Å². The second kappa shape index (κ2) is 8.56. The van der Waals surface area contributed by atoms with Gasteiger partial charge in [0, 0.05) is 0 Å². The Morgan fingerprint density at radius 1 is 0.788 bits per heavy atom. The molecule has 0 saturated heterocycles. The normalized spacial score (nSPS) is 30.3. The van der Waals surface area contributed by atoms with Gasteiger partial charge in [0.05, 0.1) is 16.6 Å². The Hall–Kier alpha value is -2.17. The molecule has 2 fully saturated rings. The van der Waals surface area contributed by atoms with Crippen molar-refractivity contribution in [2.45, 2.75) is 89.5 Å². The van der Waals surface area contributed by atoms with Gasteiger partial charge in [-0.1, -0.05) is 68.1 Å². The summed E-state index contributed by atoms with van der Waals surface area (Å²) in [6, 6.07) is 18.0. The fourth-order valence-corrected chi connectivity index (χ4v) is 6.69. The van der Waals surface area contributed by atoms with Gasteiger partial charge in [-0.3, -0.25) is 4.84 Å². The smallest absolute Gasteiger partial charge is 0.338 e. The SMILES string of the molecule is CC1(C)c2ccccc2C(C)(C)N1O[C@@H]1C[C@H]2CCCC[C@@H]2C[C@@H]1OC(=O)c1ccccc1. The third-order valence-corrected chi connectivity index (χ3v) is 8.32. The fourth-order valence-electron chi connectivity index (χ4n) is 6.69. The van der Waals surface area contributed by atoms with E-state index in [2.05, 4.69) is 57.0 Å². The predicted molar refractivity (Wildman–Crippen MR) is 130 cm³/mol. The molecule has 1 aliphatic heterocycles. The molecular weight excluding hydrogens is 410 g/mol. The van der Waals surface area contributed by atoms with Crippen LogP contribution in [0.15, 0.2) is 54.6 Å².